The third kappa shape index (κ3) is 3.31. The Labute approximate surface area is 119 Å². The van der Waals surface area contributed by atoms with E-state index in [0.29, 0.717) is 12.8 Å². The maximum absolute atomic E-state index is 12.1. The van der Waals surface area contributed by atoms with E-state index in [1.165, 1.54) is 6.92 Å². The van der Waals surface area contributed by atoms with Gasteiger partial charge in [-0.15, -0.1) is 0 Å². The van der Waals surface area contributed by atoms with Crippen molar-refractivity contribution in [3.05, 3.63) is 0 Å². The first kappa shape index (κ1) is 16.9. The second-order valence-electron chi connectivity index (χ2n) is 5.24. The summed E-state index contributed by atoms with van der Waals surface area (Å²) in [7, 11) is -2.19. The van der Waals surface area contributed by atoms with Gasteiger partial charge in [-0.05, 0) is 25.2 Å². The van der Waals surface area contributed by atoms with E-state index in [-0.39, 0.29) is 23.8 Å². The molecule has 7 heteroatoms. The molecule has 1 fully saturated rings. The molecule has 1 aliphatic carbocycles. The lowest BCUT2D eigenvalue weighted by Gasteiger charge is -2.32. The lowest BCUT2D eigenvalue weighted by Crippen LogP contribution is -2.47. The number of aliphatic carboxylic acids is 1. The summed E-state index contributed by atoms with van der Waals surface area (Å²) in [5, 5.41) is 9.56. The number of hydrogen-bond donors (Lipinski definition) is 1. The van der Waals surface area contributed by atoms with Gasteiger partial charge in [-0.2, -0.15) is 0 Å². The van der Waals surface area contributed by atoms with Gasteiger partial charge < -0.3 is 9.84 Å². The van der Waals surface area contributed by atoms with E-state index in [4.69, 9.17) is 0 Å². The molecular formula is C13H22O6S. The Balaban J connectivity index is 3.10. The average Bonchev–Trinajstić information content (AvgIpc) is 2.93. The van der Waals surface area contributed by atoms with Gasteiger partial charge in [-0.25, -0.2) is 8.42 Å². The van der Waals surface area contributed by atoms with Crippen LogP contribution in [-0.2, 0) is 24.2 Å². The number of hydrogen-bond acceptors (Lipinski definition) is 5. The van der Waals surface area contributed by atoms with Gasteiger partial charge in [0, 0.05) is 5.75 Å². The standard InChI is InChI=1S/C13H22O6S/c1-3-20(17,18)9-8-13(11(14)15,12(16)19-2)10-6-4-5-7-10/h10H,3-9H2,1-2H3,(H,14,15). The molecule has 1 aliphatic rings. The van der Waals surface area contributed by atoms with Crippen molar-refractivity contribution in [2.45, 2.75) is 39.0 Å². The fraction of sp³-hybridized carbons (Fsp3) is 0.846. The Kier molecular flexibility index (Phi) is 5.56. The van der Waals surface area contributed by atoms with Crippen molar-refractivity contribution in [1.29, 1.82) is 0 Å². The Hall–Kier alpha value is -1.11. The number of carbonyl (C=O) groups excluding carboxylic acids is 1. The number of sulfone groups is 1. The highest BCUT2D eigenvalue weighted by Crippen LogP contribution is 2.44. The van der Waals surface area contributed by atoms with Crippen LogP contribution in [0.25, 0.3) is 0 Å². The first-order chi connectivity index (χ1) is 9.30. The zero-order chi connectivity index (χ0) is 15.4. The van der Waals surface area contributed by atoms with Crippen LogP contribution in [-0.4, -0.2) is 44.1 Å². The molecule has 1 saturated carbocycles. The molecule has 0 heterocycles. The van der Waals surface area contributed by atoms with Crippen LogP contribution >= 0.6 is 0 Å². The second-order valence-corrected chi connectivity index (χ2v) is 7.71. The number of carboxylic acid groups (broad SMARTS) is 1. The molecular weight excluding hydrogens is 284 g/mol. The fourth-order valence-corrected chi connectivity index (χ4v) is 3.82. The van der Waals surface area contributed by atoms with Crippen molar-refractivity contribution in [2.24, 2.45) is 11.3 Å². The number of carbonyl (C=O) groups is 2. The third-order valence-electron chi connectivity index (χ3n) is 4.23. The normalized spacial score (nSPS) is 19.5. The number of carboxylic acids is 1. The van der Waals surface area contributed by atoms with Gasteiger partial charge in [0.05, 0.1) is 12.9 Å². The van der Waals surface area contributed by atoms with Crippen LogP contribution in [0.1, 0.15) is 39.0 Å². The average molecular weight is 306 g/mol. The van der Waals surface area contributed by atoms with Gasteiger partial charge in [0.1, 0.15) is 9.84 Å². The number of esters is 1. The molecule has 0 aromatic rings. The minimum Gasteiger partial charge on any atom is -0.480 e. The molecule has 0 aliphatic heterocycles. The van der Waals surface area contributed by atoms with Crippen molar-refractivity contribution in [3.8, 4) is 0 Å². The van der Waals surface area contributed by atoms with Crippen LogP contribution in [0.15, 0.2) is 0 Å². The smallest absolute Gasteiger partial charge is 0.323 e. The highest BCUT2D eigenvalue weighted by molar-refractivity contribution is 7.91. The van der Waals surface area contributed by atoms with Gasteiger partial charge in [-0.3, -0.25) is 9.59 Å². The molecule has 1 atom stereocenters. The Morgan fingerprint density at radius 1 is 1.30 bits per heavy atom. The highest BCUT2D eigenvalue weighted by atomic mass is 32.2. The molecule has 0 aromatic heterocycles. The molecule has 0 saturated heterocycles. The lowest BCUT2D eigenvalue weighted by atomic mass is 9.72. The van der Waals surface area contributed by atoms with E-state index in [0.717, 1.165) is 20.0 Å². The van der Waals surface area contributed by atoms with E-state index < -0.39 is 27.2 Å². The maximum atomic E-state index is 12.1. The van der Waals surface area contributed by atoms with Crippen molar-refractivity contribution in [1.82, 2.24) is 0 Å². The number of ether oxygens (including phenoxy) is 1. The van der Waals surface area contributed by atoms with Crippen LogP contribution in [0.5, 0.6) is 0 Å². The van der Waals surface area contributed by atoms with E-state index in [2.05, 4.69) is 4.74 Å². The molecule has 116 valence electrons. The molecule has 6 nitrogen and oxygen atoms in total. The molecule has 20 heavy (non-hydrogen) atoms. The first-order valence-electron chi connectivity index (χ1n) is 6.82. The quantitative estimate of drug-likeness (QED) is 0.561. The van der Waals surface area contributed by atoms with Crippen LogP contribution in [0.4, 0.5) is 0 Å². The largest absolute Gasteiger partial charge is 0.480 e. The van der Waals surface area contributed by atoms with Gasteiger partial charge >= 0.3 is 11.9 Å². The molecule has 0 spiro atoms. The predicted octanol–water partition coefficient (Wildman–Crippen LogP) is 1.25. The zero-order valence-electron chi connectivity index (χ0n) is 11.9. The Bertz CT molecular complexity index is 463. The lowest BCUT2D eigenvalue weighted by molar-refractivity contribution is -0.172. The Morgan fingerprint density at radius 3 is 2.25 bits per heavy atom. The van der Waals surface area contributed by atoms with Crippen molar-refractivity contribution < 1.29 is 27.9 Å². The van der Waals surface area contributed by atoms with Gasteiger partial charge in [0.15, 0.2) is 5.41 Å². The SMILES string of the molecule is CCS(=O)(=O)CCC(C(=O)O)(C(=O)OC)C1CCCC1. The molecule has 0 amide bonds. The number of rotatable bonds is 7. The van der Waals surface area contributed by atoms with E-state index in [1.807, 2.05) is 0 Å². The predicted molar refractivity (Wildman–Crippen MR) is 73.0 cm³/mol. The van der Waals surface area contributed by atoms with E-state index >= 15 is 0 Å². The van der Waals surface area contributed by atoms with Crippen LogP contribution in [0.3, 0.4) is 0 Å². The topological polar surface area (TPSA) is 97.7 Å². The van der Waals surface area contributed by atoms with Crippen molar-refractivity contribution in [3.63, 3.8) is 0 Å². The van der Waals surface area contributed by atoms with E-state index in [9.17, 15) is 23.1 Å². The molecule has 1 unspecified atom stereocenters. The summed E-state index contributed by atoms with van der Waals surface area (Å²) in [6.45, 7) is 1.51. The Morgan fingerprint density at radius 2 is 1.85 bits per heavy atom. The summed E-state index contributed by atoms with van der Waals surface area (Å²) < 4.78 is 28.0. The zero-order valence-corrected chi connectivity index (χ0v) is 12.7. The summed E-state index contributed by atoms with van der Waals surface area (Å²) in [5.41, 5.74) is -1.73. The van der Waals surface area contributed by atoms with Crippen molar-refractivity contribution in [2.75, 3.05) is 18.6 Å². The number of methoxy groups -OCH3 is 1. The summed E-state index contributed by atoms with van der Waals surface area (Å²) in [6.07, 6.45) is 2.74. The van der Waals surface area contributed by atoms with Crippen LogP contribution < -0.4 is 0 Å². The van der Waals surface area contributed by atoms with Crippen LogP contribution in [0, 0.1) is 11.3 Å². The van der Waals surface area contributed by atoms with Gasteiger partial charge in [0.2, 0.25) is 0 Å². The summed E-state index contributed by atoms with van der Waals surface area (Å²) in [4.78, 5) is 23.8. The van der Waals surface area contributed by atoms with Crippen molar-refractivity contribution >= 4 is 21.8 Å². The molecule has 1 rings (SSSR count). The third-order valence-corrected chi connectivity index (χ3v) is 5.94. The molecule has 0 aromatic carbocycles. The fourth-order valence-electron chi connectivity index (χ4n) is 2.90. The van der Waals surface area contributed by atoms with Crippen LogP contribution in [0.2, 0.25) is 0 Å². The minimum absolute atomic E-state index is 0.0610. The monoisotopic (exact) mass is 306 g/mol. The molecule has 0 radical (unpaired) electrons. The van der Waals surface area contributed by atoms with Gasteiger partial charge in [0.25, 0.3) is 0 Å². The minimum atomic E-state index is -3.33. The summed E-state index contributed by atoms with van der Waals surface area (Å²) in [6, 6.07) is 0. The summed E-state index contributed by atoms with van der Waals surface area (Å²) >= 11 is 0. The van der Waals surface area contributed by atoms with Gasteiger partial charge in [-0.1, -0.05) is 19.8 Å². The molecule has 1 N–H and O–H groups in total. The highest BCUT2D eigenvalue weighted by Gasteiger charge is 2.54. The summed E-state index contributed by atoms with van der Waals surface area (Å²) in [5.74, 6) is -2.82. The first-order valence-corrected chi connectivity index (χ1v) is 8.64. The second kappa shape index (κ2) is 6.56. The maximum Gasteiger partial charge on any atom is 0.323 e. The molecule has 0 bridgehead atoms. The van der Waals surface area contributed by atoms with E-state index in [1.54, 1.807) is 0 Å².